The third-order valence-electron chi connectivity index (χ3n) is 2.75. The van der Waals surface area contributed by atoms with Crippen LogP contribution in [0.1, 0.15) is 18.9 Å². The Kier molecular flexibility index (Phi) is 2.39. The minimum absolute atomic E-state index is 0.336. The molecule has 0 aromatic carbocycles. The second-order valence-corrected chi connectivity index (χ2v) is 5.12. The summed E-state index contributed by atoms with van der Waals surface area (Å²) in [6.45, 7) is 2.09. The third kappa shape index (κ3) is 1.76. The summed E-state index contributed by atoms with van der Waals surface area (Å²) in [5.41, 5.74) is 0.575. The normalized spacial score (nSPS) is 33.8. The van der Waals surface area contributed by atoms with Gasteiger partial charge in [-0.05, 0) is 23.8 Å². The standard InChI is InChI=1S/C10H14O2S/c1-8-10(11,3-5-13-8)6-9-2-4-12-7-9/h2,4,7-8,11H,3,5-6H2,1H3. The molecule has 2 rings (SSSR count). The van der Waals surface area contributed by atoms with E-state index in [2.05, 4.69) is 6.92 Å². The van der Waals surface area contributed by atoms with Gasteiger partial charge in [0.05, 0.1) is 18.1 Å². The van der Waals surface area contributed by atoms with Crippen LogP contribution >= 0.6 is 11.8 Å². The topological polar surface area (TPSA) is 33.4 Å². The molecule has 0 bridgehead atoms. The van der Waals surface area contributed by atoms with E-state index in [4.69, 9.17) is 4.42 Å². The van der Waals surface area contributed by atoms with Crippen LogP contribution in [0.25, 0.3) is 0 Å². The number of thioether (sulfide) groups is 1. The molecule has 0 amide bonds. The van der Waals surface area contributed by atoms with Crippen molar-refractivity contribution in [2.24, 2.45) is 0 Å². The molecule has 1 saturated heterocycles. The highest BCUT2D eigenvalue weighted by Gasteiger charge is 2.38. The quantitative estimate of drug-likeness (QED) is 0.790. The molecule has 2 heterocycles. The summed E-state index contributed by atoms with van der Waals surface area (Å²) in [5, 5.41) is 10.6. The maximum Gasteiger partial charge on any atom is 0.0935 e. The van der Waals surface area contributed by atoms with Gasteiger partial charge in [0.2, 0.25) is 0 Å². The van der Waals surface area contributed by atoms with E-state index in [0.717, 1.165) is 24.2 Å². The zero-order valence-electron chi connectivity index (χ0n) is 7.69. The van der Waals surface area contributed by atoms with E-state index < -0.39 is 5.60 Å². The largest absolute Gasteiger partial charge is 0.472 e. The SMILES string of the molecule is CC1SCCC1(O)Cc1ccoc1. The van der Waals surface area contributed by atoms with Crippen LogP contribution in [0.2, 0.25) is 0 Å². The molecule has 2 unspecified atom stereocenters. The first-order valence-electron chi connectivity index (χ1n) is 4.56. The van der Waals surface area contributed by atoms with Gasteiger partial charge in [-0.25, -0.2) is 0 Å². The summed E-state index contributed by atoms with van der Waals surface area (Å²) in [5.74, 6) is 1.06. The Morgan fingerprint density at radius 3 is 3.15 bits per heavy atom. The van der Waals surface area contributed by atoms with E-state index in [1.807, 2.05) is 17.8 Å². The number of furan rings is 1. The predicted molar refractivity (Wildman–Crippen MR) is 53.9 cm³/mol. The Morgan fingerprint density at radius 2 is 2.62 bits per heavy atom. The minimum atomic E-state index is -0.519. The second-order valence-electron chi connectivity index (χ2n) is 3.67. The molecule has 2 nitrogen and oxygen atoms in total. The maximum absolute atomic E-state index is 10.3. The van der Waals surface area contributed by atoms with Crippen LogP contribution in [0, 0.1) is 0 Å². The second kappa shape index (κ2) is 3.39. The van der Waals surface area contributed by atoms with Crippen LogP contribution in [0.3, 0.4) is 0 Å². The van der Waals surface area contributed by atoms with Gasteiger partial charge in [0.15, 0.2) is 0 Å². The fourth-order valence-corrected chi connectivity index (χ4v) is 3.09. The molecule has 1 fully saturated rings. The van der Waals surface area contributed by atoms with Gasteiger partial charge >= 0.3 is 0 Å². The number of rotatable bonds is 2. The fraction of sp³-hybridized carbons (Fsp3) is 0.600. The molecular formula is C10H14O2S. The predicted octanol–water partition coefficient (Wildman–Crippen LogP) is 2.08. The first-order valence-corrected chi connectivity index (χ1v) is 5.61. The van der Waals surface area contributed by atoms with Crippen molar-refractivity contribution >= 4 is 11.8 Å². The Bertz CT molecular complexity index is 270. The van der Waals surface area contributed by atoms with E-state index in [-0.39, 0.29) is 0 Å². The van der Waals surface area contributed by atoms with Crippen LogP contribution in [0.4, 0.5) is 0 Å². The Labute approximate surface area is 82.3 Å². The lowest BCUT2D eigenvalue weighted by Crippen LogP contribution is -2.36. The Balaban J connectivity index is 2.08. The van der Waals surface area contributed by atoms with E-state index in [0.29, 0.717) is 5.25 Å². The molecule has 3 heteroatoms. The van der Waals surface area contributed by atoms with Crippen LogP contribution in [0.5, 0.6) is 0 Å². The van der Waals surface area contributed by atoms with Crippen molar-refractivity contribution in [2.45, 2.75) is 30.6 Å². The lowest BCUT2D eigenvalue weighted by Gasteiger charge is -2.25. The number of aliphatic hydroxyl groups is 1. The van der Waals surface area contributed by atoms with Gasteiger partial charge < -0.3 is 9.52 Å². The fourth-order valence-electron chi connectivity index (χ4n) is 1.75. The molecule has 1 aromatic heterocycles. The zero-order valence-corrected chi connectivity index (χ0v) is 8.51. The smallest absolute Gasteiger partial charge is 0.0935 e. The van der Waals surface area contributed by atoms with Crippen molar-refractivity contribution in [1.29, 1.82) is 0 Å². The van der Waals surface area contributed by atoms with Gasteiger partial charge in [0.1, 0.15) is 0 Å². The first kappa shape index (κ1) is 9.16. The number of hydrogen-bond donors (Lipinski definition) is 1. The van der Waals surface area contributed by atoms with Crippen molar-refractivity contribution in [3.63, 3.8) is 0 Å². The summed E-state index contributed by atoms with van der Waals surface area (Å²) < 4.78 is 4.99. The molecule has 13 heavy (non-hydrogen) atoms. The van der Waals surface area contributed by atoms with Crippen LogP contribution in [-0.2, 0) is 6.42 Å². The lowest BCUT2D eigenvalue weighted by atomic mass is 9.90. The molecule has 0 saturated carbocycles. The lowest BCUT2D eigenvalue weighted by molar-refractivity contribution is 0.0463. The summed E-state index contributed by atoms with van der Waals surface area (Å²) in [6, 6.07) is 1.92. The molecule has 1 aliphatic rings. The van der Waals surface area contributed by atoms with Crippen LogP contribution in [0.15, 0.2) is 23.0 Å². The summed E-state index contributed by atoms with van der Waals surface area (Å²) in [7, 11) is 0. The van der Waals surface area contributed by atoms with Crippen molar-refractivity contribution in [2.75, 3.05) is 5.75 Å². The highest BCUT2D eigenvalue weighted by Crippen LogP contribution is 2.37. The molecule has 2 atom stereocenters. The number of hydrogen-bond acceptors (Lipinski definition) is 3. The third-order valence-corrected chi connectivity index (χ3v) is 4.13. The van der Waals surface area contributed by atoms with Gasteiger partial charge in [-0.3, -0.25) is 0 Å². The van der Waals surface area contributed by atoms with Crippen molar-refractivity contribution in [1.82, 2.24) is 0 Å². The molecule has 0 aliphatic carbocycles. The van der Waals surface area contributed by atoms with Gasteiger partial charge in [0.25, 0.3) is 0 Å². The van der Waals surface area contributed by atoms with E-state index >= 15 is 0 Å². The molecule has 1 N–H and O–H groups in total. The van der Waals surface area contributed by atoms with Gasteiger partial charge in [-0.15, -0.1) is 0 Å². The average molecular weight is 198 g/mol. The highest BCUT2D eigenvalue weighted by atomic mass is 32.2. The summed E-state index contributed by atoms with van der Waals surface area (Å²) in [4.78, 5) is 0. The Morgan fingerprint density at radius 1 is 1.77 bits per heavy atom. The highest BCUT2D eigenvalue weighted by molar-refractivity contribution is 8.00. The molecule has 0 spiro atoms. The van der Waals surface area contributed by atoms with E-state index in [1.54, 1.807) is 12.5 Å². The van der Waals surface area contributed by atoms with Gasteiger partial charge in [-0.1, -0.05) is 6.92 Å². The average Bonchev–Trinajstić information content (AvgIpc) is 2.65. The van der Waals surface area contributed by atoms with Crippen LogP contribution in [-0.4, -0.2) is 21.7 Å². The van der Waals surface area contributed by atoms with Gasteiger partial charge in [0, 0.05) is 11.7 Å². The van der Waals surface area contributed by atoms with Crippen molar-refractivity contribution in [3.8, 4) is 0 Å². The van der Waals surface area contributed by atoms with E-state index in [1.165, 1.54) is 0 Å². The molecule has 72 valence electrons. The Hall–Kier alpha value is -0.410. The van der Waals surface area contributed by atoms with Crippen LogP contribution < -0.4 is 0 Å². The zero-order chi connectivity index (χ0) is 9.31. The maximum atomic E-state index is 10.3. The van der Waals surface area contributed by atoms with Gasteiger partial charge in [-0.2, -0.15) is 11.8 Å². The monoisotopic (exact) mass is 198 g/mol. The first-order chi connectivity index (χ1) is 6.21. The van der Waals surface area contributed by atoms with Crippen molar-refractivity contribution < 1.29 is 9.52 Å². The molecular weight excluding hydrogens is 184 g/mol. The van der Waals surface area contributed by atoms with Crippen molar-refractivity contribution in [3.05, 3.63) is 24.2 Å². The summed E-state index contributed by atoms with van der Waals surface area (Å²) >= 11 is 1.85. The molecule has 1 aliphatic heterocycles. The van der Waals surface area contributed by atoms with E-state index in [9.17, 15) is 5.11 Å². The molecule has 0 radical (unpaired) electrons. The minimum Gasteiger partial charge on any atom is -0.472 e. The molecule has 1 aromatic rings. The summed E-state index contributed by atoms with van der Waals surface area (Å²) in [6.07, 6.45) is 4.99.